The summed E-state index contributed by atoms with van der Waals surface area (Å²) in [5.74, 6) is -3.85. The molecule has 0 radical (unpaired) electrons. The molecule has 40 heavy (non-hydrogen) atoms. The van der Waals surface area contributed by atoms with Crippen molar-refractivity contribution in [3.8, 4) is 0 Å². The smallest absolute Gasteiger partial charge is 0.352 e. The van der Waals surface area contributed by atoms with Crippen LogP contribution in [-0.4, -0.2) is 77.8 Å². The number of rotatable bonds is 9. The van der Waals surface area contributed by atoms with Crippen LogP contribution in [-0.2, 0) is 30.6 Å². The number of nitrogens with two attached hydrogens (primary N) is 1. The van der Waals surface area contributed by atoms with Gasteiger partial charge in [-0.2, -0.15) is 4.57 Å². The number of anilines is 1. The van der Waals surface area contributed by atoms with Crippen molar-refractivity contribution in [1.82, 2.24) is 20.2 Å². The van der Waals surface area contributed by atoms with Gasteiger partial charge in [-0.15, -0.1) is 11.8 Å². The van der Waals surface area contributed by atoms with Gasteiger partial charge in [-0.3, -0.25) is 14.5 Å². The molecule has 3 atom stereocenters. The van der Waals surface area contributed by atoms with Gasteiger partial charge in [-0.1, -0.05) is 28.1 Å². The number of nitrogens with zero attached hydrogens (tertiary/aromatic N) is 4. The number of hydrogen-bond donors (Lipinski definition) is 5. The molecule has 0 aliphatic carbocycles. The van der Waals surface area contributed by atoms with Gasteiger partial charge in [0.25, 0.3) is 11.8 Å². The molecule has 0 spiro atoms. The second-order valence-corrected chi connectivity index (χ2v) is 11.5. The van der Waals surface area contributed by atoms with E-state index in [2.05, 4.69) is 20.4 Å². The van der Waals surface area contributed by atoms with E-state index in [0.717, 1.165) is 27.3 Å². The number of pyridine rings is 1. The maximum Gasteiger partial charge on any atom is 0.352 e. The van der Waals surface area contributed by atoms with E-state index in [-0.39, 0.29) is 27.4 Å². The summed E-state index contributed by atoms with van der Waals surface area (Å²) in [5.41, 5.74) is 7.20. The number of amides is 2. The lowest BCUT2D eigenvalue weighted by Gasteiger charge is -2.49. The molecule has 2 aliphatic heterocycles. The number of aliphatic carboxylic acids is 2. The number of thiazole rings is 1. The molecule has 0 saturated carbocycles. The van der Waals surface area contributed by atoms with Gasteiger partial charge in [0.2, 0.25) is 11.6 Å². The van der Waals surface area contributed by atoms with E-state index in [1.54, 1.807) is 6.20 Å². The van der Waals surface area contributed by atoms with Crippen molar-refractivity contribution >= 4 is 80.3 Å². The number of carboxylic acids is 2. The fraction of sp³-hybridized carbons (Fsp3) is 0.261. The standard InChI is InChI=1S/C23H20ClN7O7S2/c1-9(21(34)35)38-29-14(13-17(24)40-23(25)28-13)18(32)27-15-19(33)31-16(22(36)37)10(8-39-20(15)31)7-30-6-2-3-11-12(30)4-5-26-11/h2-6,9,15,20H,7-8H2,1H3,(H5,25,27,28,32,34,35,36,37)/p+1/b29-14-/t9-,15+,20+/m0/s1. The first-order valence-electron chi connectivity index (χ1n) is 11.6. The Labute approximate surface area is 238 Å². The average molecular weight is 607 g/mol. The van der Waals surface area contributed by atoms with Crippen LogP contribution in [0, 0.1) is 0 Å². The van der Waals surface area contributed by atoms with Crippen LogP contribution in [0.2, 0.25) is 4.34 Å². The summed E-state index contributed by atoms with van der Waals surface area (Å²) in [7, 11) is 0. The fourth-order valence-electron chi connectivity index (χ4n) is 4.27. The Morgan fingerprint density at radius 2 is 2.17 bits per heavy atom. The molecule has 5 heterocycles. The number of carbonyl (C=O) groups excluding carboxylic acids is 2. The number of aromatic nitrogens is 3. The number of hydrogen-bond acceptors (Lipinski definition) is 10. The largest absolute Gasteiger partial charge is 0.478 e. The highest BCUT2D eigenvalue weighted by Crippen LogP contribution is 2.40. The molecule has 208 valence electrons. The number of H-pyrrole nitrogens is 1. The lowest BCUT2D eigenvalue weighted by atomic mass is 10.0. The van der Waals surface area contributed by atoms with Crippen LogP contribution >= 0.6 is 34.7 Å². The fourth-order valence-corrected chi connectivity index (χ4v) is 6.54. The van der Waals surface area contributed by atoms with E-state index >= 15 is 0 Å². The Morgan fingerprint density at radius 1 is 1.40 bits per heavy atom. The molecule has 14 nitrogen and oxygen atoms in total. The van der Waals surface area contributed by atoms with E-state index in [1.165, 1.54) is 18.7 Å². The number of carboxylic acid groups (broad SMARTS) is 2. The van der Waals surface area contributed by atoms with E-state index in [9.17, 15) is 24.3 Å². The highest BCUT2D eigenvalue weighted by molar-refractivity contribution is 8.00. The number of fused-ring (bicyclic) bond motifs is 2. The van der Waals surface area contributed by atoms with Crippen molar-refractivity contribution in [2.45, 2.75) is 31.0 Å². The zero-order valence-corrected chi connectivity index (χ0v) is 22.9. The molecule has 6 N–H and O–H groups in total. The topological polar surface area (TPSA) is 204 Å². The van der Waals surface area contributed by atoms with E-state index in [1.807, 2.05) is 29.0 Å². The van der Waals surface area contributed by atoms with Crippen LogP contribution in [0.5, 0.6) is 0 Å². The molecule has 0 unspecified atom stereocenters. The number of halogens is 1. The van der Waals surface area contributed by atoms with E-state index in [0.29, 0.717) is 11.3 Å². The summed E-state index contributed by atoms with van der Waals surface area (Å²) in [6.45, 7) is 1.45. The molecule has 2 aliphatic rings. The van der Waals surface area contributed by atoms with Crippen LogP contribution in [0.25, 0.3) is 11.0 Å². The molecule has 3 aromatic heterocycles. The summed E-state index contributed by atoms with van der Waals surface area (Å²) < 4.78 is 1.89. The minimum Gasteiger partial charge on any atom is -0.478 e. The molecule has 3 aromatic rings. The second-order valence-electron chi connectivity index (χ2n) is 8.73. The van der Waals surface area contributed by atoms with Gasteiger partial charge < -0.3 is 31.1 Å². The predicted octanol–water partition coefficient (Wildman–Crippen LogP) is 0.780. The molecule has 0 aromatic carbocycles. The minimum absolute atomic E-state index is 0.00210. The lowest BCUT2D eigenvalue weighted by molar-refractivity contribution is -0.663. The van der Waals surface area contributed by atoms with Crippen LogP contribution in [0.3, 0.4) is 0 Å². The number of nitrogens with one attached hydrogen (secondary N) is 2. The first-order chi connectivity index (χ1) is 19.1. The van der Waals surface area contributed by atoms with Crippen molar-refractivity contribution in [3.05, 3.63) is 51.9 Å². The number of thioether (sulfide) groups is 1. The molecule has 0 bridgehead atoms. The Hall–Kier alpha value is -4.15. The van der Waals surface area contributed by atoms with Gasteiger partial charge >= 0.3 is 11.9 Å². The van der Waals surface area contributed by atoms with Crippen molar-refractivity contribution in [2.24, 2.45) is 5.16 Å². The maximum absolute atomic E-state index is 13.2. The normalized spacial score (nSPS) is 19.7. The Morgan fingerprint density at radius 3 is 2.85 bits per heavy atom. The molecular weight excluding hydrogens is 586 g/mol. The number of aromatic amines is 1. The molecular formula is C23H21ClN7O7S2+. The third-order valence-corrected chi connectivity index (χ3v) is 8.61. The minimum atomic E-state index is -1.40. The lowest BCUT2D eigenvalue weighted by Crippen LogP contribution is -2.71. The number of nitrogen functional groups attached to an aromatic ring is 1. The number of β-lactam (4-membered cyclic amide) rings is 1. The zero-order valence-electron chi connectivity index (χ0n) is 20.5. The Kier molecular flexibility index (Phi) is 7.39. The summed E-state index contributed by atoms with van der Waals surface area (Å²) in [6, 6.07) is 4.51. The summed E-state index contributed by atoms with van der Waals surface area (Å²) >= 11 is 8.30. The second kappa shape index (κ2) is 10.8. The summed E-state index contributed by atoms with van der Waals surface area (Å²) in [4.78, 5) is 63.0. The molecule has 1 fully saturated rings. The van der Waals surface area contributed by atoms with Crippen molar-refractivity contribution in [3.63, 3.8) is 0 Å². The van der Waals surface area contributed by atoms with E-state index < -0.39 is 47.0 Å². The zero-order chi connectivity index (χ0) is 28.7. The third kappa shape index (κ3) is 4.96. The number of carbonyl (C=O) groups is 4. The van der Waals surface area contributed by atoms with Gasteiger partial charge in [-0.25, -0.2) is 14.6 Å². The Balaban J connectivity index is 1.38. The first-order valence-corrected chi connectivity index (χ1v) is 13.9. The van der Waals surface area contributed by atoms with Crippen molar-refractivity contribution in [2.75, 3.05) is 11.5 Å². The molecule has 17 heteroatoms. The van der Waals surface area contributed by atoms with Crippen LogP contribution < -0.4 is 15.6 Å². The average Bonchev–Trinajstić information content (AvgIpc) is 3.53. The monoisotopic (exact) mass is 606 g/mol. The predicted molar refractivity (Wildman–Crippen MR) is 144 cm³/mol. The Bertz CT molecular complexity index is 1620. The van der Waals surface area contributed by atoms with Gasteiger partial charge in [0.05, 0.1) is 0 Å². The van der Waals surface area contributed by atoms with Crippen molar-refractivity contribution < 1.29 is 38.8 Å². The summed E-state index contributed by atoms with van der Waals surface area (Å²) in [6.07, 6.45) is 2.21. The van der Waals surface area contributed by atoms with Gasteiger partial charge in [-0.05, 0) is 13.0 Å². The quantitative estimate of drug-likeness (QED) is 0.100. The number of oxime groups is 1. The highest BCUT2D eigenvalue weighted by atomic mass is 35.5. The third-order valence-electron chi connectivity index (χ3n) is 6.18. The SMILES string of the molecule is C[C@H](O/N=C(\C(=O)N[C@@H]1C(=O)N2C(C(=O)O)=C(C[n+]3cccc4[nH]ccc43)CS[C@H]12)c1nc(N)sc1Cl)C(=O)O. The van der Waals surface area contributed by atoms with Crippen LogP contribution in [0.15, 0.2) is 47.0 Å². The first kappa shape index (κ1) is 27.4. The van der Waals surface area contributed by atoms with Gasteiger partial charge in [0, 0.05) is 29.7 Å². The van der Waals surface area contributed by atoms with Crippen LogP contribution in [0.1, 0.15) is 12.6 Å². The molecule has 2 amide bonds. The van der Waals surface area contributed by atoms with E-state index in [4.69, 9.17) is 27.3 Å². The molecule has 1 saturated heterocycles. The van der Waals surface area contributed by atoms with Gasteiger partial charge in [0.15, 0.2) is 23.6 Å². The molecule has 5 rings (SSSR count). The van der Waals surface area contributed by atoms with Crippen LogP contribution in [0.4, 0.5) is 5.13 Å². The highest BCUT2D eigenvalue weighted by Gasteiger charge is 2.55. The van der Waals surface area contributed by atoms with Gasteiger partial charge in [0.1, 0.15) is 32.7 Å². The summed E-state index contributed by atoms with van der Waals surface area (Å²) in [5, 5.41) is 24.6. The van der Waals surface area contributed by atoms with Crippen molar-refractivity contribution in [1.29, 1.82) is 0 Å². The maximum atomic E-state index is 13.2.